The Hall–Kier alpha value is -2.59. The summed E-state index contributed by atoms with van der Waals surface area (Å²) in [7, 11) is 0. The van der Waals surface area contributed by atoms with Crippen molar-refractivity contribution < 1.29 is 9.21 Å². The first-order valence-electron chi connectivity index (χ1n) is 4.34. The van der Waals surface area contributed by atoms with Crippen molar-refractivity contribution in [2.45, 2.75) is 0 Å². The lowest BCUT2D eigenvalue weighted by molar-refractivity contribution is 0.0997. The minimum atomic E-state index is -0.943. The first-order chi connectivity index (χ1) is 7.72. The van der Waals surface area contributed by atoms with Gasteiger partial charge in [-0.15, -0.1) is 0 Å². The summed E-state index contributed by atoms with van der Waals surface area (Å²) in [5.74, 6) is -0.943. The van der Waals surface area contributed by atoms with E-state index in [2.05, 4.69) is 10.0 Å². The fourth-order valence-corrected chi connectivity index (χ4v) is 1.31. The fourth-order valence-electron chi connectivity index (χ4n) is 1.31. The summed E-state index contributed by atoms with van der Waals surface area (Å²) in [5, 5.41) is 3.44. The maximum Gasteiger partial charge on any atom is 0.347 e. The second-order valence-electron chi connectivity index (χ2n) is 2.98. The lowest BCUT2D eigenvalue weighted by atomic mass is 10.2. The second kappa shape index (κ2) is 3.88. The number of hydrogen-bond donors (Lipinski definition) is 0. The first kappa shape index (κ1) is 9.95. The van der Waals surface area contributed by atoms with E-state index < -0.39 is 11.5 Å². The summed E-state index contributed by atoms with van der Waals surface area (Å²) in [6.07, 6.45) is 0. The smallest absolute Gasteiger partial charge is 0.347 e. The van der Waals surface area contributed by atoms with Crippen molar-refractivity contribution in [3.8, 4) is 0 Å². The van der Waals surface area contributed by atoms with E-state index in [4.69, 9.17) is 9.95 Å². The second-order valence-corrected chi connectivity index (χ2v) is 2.98. The van der Waals surface area contributed by atoms with E-state index in [1.807, 2.05) is 0 Å². The molecular formula is C10H5N3O3. The van der Waals surface area contributed by atoms with Gasteiger partial charge in [0, 0.05) is 10.3 Å². The number of nitrogens with zero attached hydrogens (tertiary/aromatic N) is 3. The van der Waals surface area contributed by atoms with Crippen LogP contribution in [0, 0.1) is 0 Å². The van der Waals surface area contributed by atoms with Crippen LogP contribution in [0.2, 0.25) is 0 Å². The molecule has 1 aromatic carbocycles. The van der Waals surface area contributed by atoms with Gasteiger partial charge in [0.1, 0.15) is 11.1 Å². The number of hydrogen-bond acceptors (Lipinski definition) is 3. The molecule has 0 N–H and O–H groups in total. The number of fused-ring (bicyclic) bond motifs is 1. The Labute approximate surface area is 88.7 Å². The van der Waals surface area contributed by atoms with Gasteiger partial charge in [-0.05, 0) is 22.8 Å². The standard InChI is InChI=1S/C10H5N3O3/c11-13-12-9(14)7-5-6-3-1-2-4-8(6)16-10(7)15/h1-5H. The molecule has 16 heavy (non-hydrogen) atoms. The van der Waals surface area contributed by atoms with Gasteiger partial charge >= 0.3 is 5.63 Å². The fraction of sp³-hybridized carbons (Fsp3) is 0. The Morgan fingerprint density at radius 1 is 1.38 bits per heavy atom. The number of carbonyl (C=O) groups excluding carboxylic acids is 1. The number of amides is 1. The van der Waals surface area contributed by atoms with Crippen molar-refractivity contribution in [3.05, 3.63) is 56.8 Å². The zero-order chi connectivity index (χ0) is 11.5. The Kier molecular flexibility index (Phi) is 2.41. The predicted octanol–water partition coefficient (Wildman–Crippen LogP) is 2.24. The van der Waals surface area contributed by atoms with Gasteiger partial charge in [0.25, 0.3) is 5.91 Å². The Bertz CT molecular complexity index is 668. The summed E-state index contributed by atoms with van der Waals surface area (Å²) >= 11 is 0. The third-order valence-electron chi connectivity index (χ3n) is 2.01. The van der Waals surface area contributed by atoms with Crippen LogP contribution in [0.3, 0.4) is 0 Å². The SMILES string of the molecule is [N-]=[N+]=NC(=O)c1cc2ccccc2oc1=O. The maximum atomic E-state index is 11.4. The number of benzene rings is 1. The third-order valence-corrected chi connectivity index (χ3v) is 2.01. The van der Waals surface area contributed by atoms with Crippen LogP contribution in [0.4, 0.5) is 0 Å². The molecule has 0 aliphatic rings. The quantitative estimate of drug-likeness (QED) is 0.315. The van der Waals surface area contributed by atoms with Gasteiger partial charge in [-0.1, -0.05) is 18.2 Å². The van der Waals surface area contributed by atoms with Gasteiger partial charge in [0.2, 0.25) is 0 Å². The van der Waals surface area contributed by atoms with Gasteiger partial charge in [-0.2, -0.15) is 0 Å². The Balaban J connectivity index is 2.72. The van der Waals surface area contributed by atoms with Gasteiger partial charge in [-0.3, -0.25) is 4.79 Å². The molecule has 6 nitrogen and oxygen atoms in total. The van der Waals surface area contributed by atoms with Crippen molar-refractivity contribution in [1.29, 1.82) is 0 Å². The van der Waals surface area contributed by atoms with Crippen molar-refractivity contribution in [3.63, 3.8) is 0 Å². The molecule has 2 rings (SSSR count). The van der Waals surface area contributed by atoms with E-state index in [1.165, 1.54) is 6.07 Å². The first-order valence-corrected chi connectivity index (χ1v) is 4.34. The van der Waals surface area contributed by atoms with Crippen molar-refractivity contribution >= 4 is 16.9 Å². The van der Waals surface area contributed by atoms with Gasteiger partial charge in [-0.25, -0.2) is 4.79 Å². The zero-order valence-electron chi connectivity index (χ0n) is 7.95. The summed E-state index contributed by atoms with van der Waals surface area (Å²) < 4.78 is 4.90. The molecule has 0 fully saturated rings. The van der Waals surface area contributed by atoms with Crippen LogP contribution in [0.1, 0.15) is 10.4 Å². The minimum Gasteiger partial charge on any atom is -0.422 e. The molecule has 0 unspecified atom stereocenters. The van der Waals surface area contributed by atoms with Crippen molar-refractivity contribution in [2.75, 3.05) is 0 Å². The average molecular weight is 215 g/mol. The van der Waals surface area contributed by atoms with Crippen LogP contribution in [-0.4, -0.2) is 5.91 Å². The molecule has 0 saturated heterocycles. The molecule has 0 aliphatic carbocycles. The molecule has 1 aromatic heterocycles. The highest BCUT2D eigenvalue weighted by Gasteiger charge is 2.11. The van der Waals surface area contributed by atoms with E-state index >= 15 is 0 Å². The summed E-state index contributed by atoms with van der Waals surface area (Å²) in [5.41, 5.74) is 7.41. The molecular weight excluding hydrogens is 210 g/mol. The monoisotopic (exact) mass is 215 g/mol. The summed E-state index contributed by atoms with van der Waals surface area (Å²) in [6.45, 7) is 0. The molecule has 0 aliphatic heterocycles. The minimum absolute atomic E-state index is 0.267. The summed E-state index contributed by atoms with van der Waals surface area (Å²) in [6, 6.07) is 8.09. The highest BCUT2D eigenvalue weighted by atomic mass is 16.4. The van der Waals surface area contributed by atoms with Crippen LogP contribution in [0.15, 0.2) is 44.7 Å². The topological polar surface area (TPSA) is 96.0 Å². The predicted molar refractivity (Wildman–Crippen MR) is 56.0 cm³/mol. The van der Waals surface area contributed by atoms with Crippen molar-refractivity contribution in [1.82, 2.24) is 0 Å². The molecule has 2 aromatic rings. The molecule has 0 saturated carbocycles. The molecule has 0 spiro atoms. The number of para-hydroxylation sites is 1. The van der Waals surface area contributed by atoms with Crippen LogP contribution >= 0.6 is 0 Å². The van der Waals surface area contributed by atoms with Crippen molar-refractivity contribution in [2.24, 2.45) is 5.11 Å². The molecule has 1 heterocycles. The van der Waals surface area contributed by atoms with Gasteiger partial charge < -0.3 is 4.42 Å². The van der Waals surface area contributed by atoms with E-state index in [0.717, 1.165) is 0 Å². The number of carbonyl (C=O) groups is 1. The van der Waals surface area contributed by atoms with Crippen LogP contribution in [0.25, 0.3) is 21.4 Å². The maximum absolute atomic E-state index is 11.4. The third kappa shape index (κ3) is 1.65. The molecule has 6 heteroatoms. The van der Waals surface area contributed by atoms with Crippen LogP contribution in [-0.2, 0) is 0 Å². The lowest BCUT2D eigenvalue weighted by Crippen LogP contribution is -2.11. The van der Waals surface area contributed by atoms with Crippen LogP contribution < -0.4 is 5.63 Å². The van der Waals surface area contributed by atoms with E-state index in [-0.39, 0.29) is 5.56 Å². The largest absolute Gasteiger partial charge is 0.422 e. The summed E-state index contributed by atoms with van der Waals surface area (Å²) in [4.78, 5) is 24.9. The van der Waals surface area contributed by atoms with Gasteiger partial charge in [0.15, 0.2) is 0 Å². The zero-order valence-corrected chi connectivity index (χ0v) is 7.95. The van der Waals surface area contributed by atoms with E-state index in [1.54, 1.807) is 24.3 Å². The normalized spacial score (nSPS) is 9.75. The molecule has 1 amide bonds. The van der Waals surface area contributed by atoms with Gasteiger partial charge in [0.05, 0.1) is 0 Å². The Morgan fingerprint density at radius 3 is 2.88 bits per heavy atom. The number of azide groups is 1. The molecule has 0 bridgehead atoms. The highest BCUT2D eigenvalue weighted by molar-refractivity contribution is 5.97. The average Bonchev–Trinajstić information content (AvgIpc) is 2.28. The molecule has 0 radical (unpaired) electrons. The highest BCUT2D eigenvalue weighted by Crippen LogP contribution is 2.12. The number of rotatable bonds is 1. The van der Waals surface area contributed by atoms with Crippen LogP contribution in [0.5, 0.6) is 0 Å². The van der Waals surface area contributed by atoms with E-state index in [0.29, 0.717) is 11.0 Å². The molecule has 0 atom stereocenters. The molecule has 78 valence electrons. The lowest BCUT2D eigenvalue weighted by Gasteiger charge is -1.97. The van der Waals surface area contributed by atoms with E-state index in [9.17, 15) is 9.59 Å². The Morgan fingerprint density at radius 2 is 2.12 bits per heavy atom.